The molecule has 8 nitrogen and oxygen atoms in total. The minimum Gasteiger partial charge on any atom is -0.494 e. The van der Waals surface area contributed by atoms with Crippen molar-refractivity contribution in [3.63, 3.8) is 0 Å². The first-order chi connectivity index (χ1) is 12.6. The van der Waals surface area contributed by atoms with Gasteiger partial charge in [0.1, 0.15) is 5.82 Å². The number of hydrogen-bond donors (Lipinski definition) is 4. The lowest BCUT2D eigenvalue weighted by Crippen LogP contribution is -2.05. The number of aliphatic hydroxyl groups is 2. The average molecular weight is 349 g/mol. The van der Waals surface area contributed by atoms with Crippen LogP contribution >= 0.6 is 0 Å². The quantitative estimate of drug-likeness (QED) is 0.418. The van der Waals surface area contributed by atoms with Crippen molar-refractivity contribution in [1.82, 2.24) is 19.5 Å². The number of nitrogens with zero attached hydrogens (tertiary/aromatic N) is 4. The predicted octanol–water partition coefficient (Wildman–Crippen LogP) is 2.25. The Bertz CT molecular complexity index is 1060. The van der Waals surface area contributed by atoms with E-state index in [4.69, 9.17) is 0 Å². The third-order valence-electron chi connectivity index (χ3n) is 3.80. The standard InChI is InChI=1S/C18H15N5O3/c24-15-9-11-10-19-18(20-12-5-2-1-3-6-12)22-16(11)23(15)14-8-4-7-13(21-14)17(25)26/h1-10,17,24-26H,(H,19,20,22). The summed E-state index contributed by atoms with van der Waals surface area (Å²) in [6.45, 7) is 0. The molecule has 0 bridgehead atoms. The second-order valence-electron chi connectivity index (χ2n) is 5.60. The van der Waals surface area contributed by atoms with E-state index >= 15 is 0 Å². The summed E-state index contributed by atoms with van der Waals surface area (Å²) >= 11 is 0. The molecular formula is C18H15N5O3. The third-order valence-corrected chi connectivity index (χ3v) is 3.80. The second kappa shape index (κ2) is 6.43. The van der Waals surface area contributed by atoms with Crippen LogP contribution in [0.5, 0.6) is 5.88 Å². The molecule has 26 heavy (non-hydrogen) atoms. The molecule has 0 saturated carbocycles. The van der Waals surface area contributed by atoms with Gasteiger partial charge in [-0.1, -0.05) is 24.3 Å². The van der Waals surface area contributed by atoms with Crippen LogP contribution in [0.1, 0.15) is 12.0 Å². The maximum Gasteiger partial charge on any atom is 0.229 e. The van der Waals surface area contributed by atoms with E-state index < -0.39 is 6.29 Å². The fourth-order valence-electron chi connectivity index (χ4n) is 2.62. The highest BCUT2D eigenvalue weighted by Crippen LogP contribution is 2.27. The topological polar surface area (TPSA) is 116 Å². The van der Waals surface area contributed by atoms with Crippen molar-refractivity contribution in [3.8, 4) is 11.7 Å². The van der Waals surface area contributed by atoms with Gasteiger partial charge in [-0.3, -0.25) is 0 Å². The van der Waals surface area contributed by atoms with E-state index in [-0.39, 0.29) is 11.6 Å². The summed E-state index contributed by atoms with van der Waals surface area (Å²) in [7, 11) is 0. The molecule has 3 aromatic heterocycles. The molecule has 0 amide bonds. The Morgan fingerprint density at radius 3 is 2.54 bits per heavy atom. The van der Waals surface area contributed by atoms with Crippen LogP contribution in [0.15, 0.2) is 60.8 Å². The van der Waals surface area contributed by atoms with Gasteiger partial charge < -0.3 is 20.6 Å². The Labute approximate surface area is 148 Å². The van der Waals surface area contributed by atoms with Crippen molar-refractivity contribution in [2.45, 2.75) is 6.29 Å². The largest absolute Gasteiger partial charge is 0.494 e. The highest BCUT2D eigenvalue weighted by molar-refractivity contribution is 5.81. The van der Waals surface area contributed by atoms with Crippen molar-refractivity contribution in [1.29, 1.82) is 0 Å². The number of pyridine rings is 1. The van der Waals surface area contributed by atoms with Gasteiger partial charge in [0, 0.05) is 23.3 Å². The van der Waals surface area contributed by atoms with Crippen LogP contribution in [0.3, 0.4) is 0 Å². The van der Waals surface area contributed by atoms with E-state index in [1.807, 2.05) is 30.3 Å². The summed E-state index contributed by atoms with van der Waals surface area (Å²) in [6, 6.07) is 15.7. The average Bonchev–Trinajstić information content (AvgIpc) is 2.98. The molecule has 0 aliphatic rings. The van der Waals surface area contributed by atoms with Gasteiger partial charge in [-0.15, -0.1) is 0 Å². The normalized spacial score (nSPS) is 11.2. The van der Waals surface area contributed by atoms with Gasteiger partial charge in [0.25, 0.3) is 0 Å². The van der Waals surface area contributed by atoms with Gasteiger partial charge in [-0.25, -0.2) is 14.5 Å². The van der Waals surface area contributed by atoms with Crippen LogP contribution in [-0.4, -0.2) is 34.8 Å². The lowest BCUT2D eigenvalue weighted by Gasteiger charge is -2.09. The van der Waals surface area contributed by atoms with Crippen molar-refractivity contribution >= 4 is 22.7 Å². The van der Waals surface area contributed by atoms with Gasteiger partial charge in [0.2, 0.25) is 5.95 Å². The van der Waals surface area contributed by atoms with Crippen molar-refractivity contribution < 1.29 is 15.3 Å². The maximum atomic E-state index is 10.3. The zero-order valence-electron chi connectivity index (χ0n) is 13.5. The molecule has 0 unspecified atom stereocenters. The SMILES string of the molecule is Oc1cc2cnc(Nc3ccccc3)nc2n1-c1cccc(C(O)O)n1. The zero-order chi connectivity index (χ0) is 18.1. The first-order valence-electron chi connectivity index (χ1n) is 7.85. The summed E-state index contributed by atoms with van der Waals surface area (Å²) in [4.78, 5) is 12.9. The summed E-state index contributed by atoms with van der Waals surface area (Å²) in [5.74, 6) is 0.595. The molecule has 0 spiro atoms. The minimum atomic E-state index is -1.70. The van der Waals surface area contributed by atoms with Crippen LogP contribution in [0.2, 0.25) is 0 Å². The molecule has 0 radical (unpaired) electrons. The number of aromatic nitrogens is 4. The number of nitrogens with one attached hydrogen (secondary N) is 1. The van der Waals surface area contributed by atoms with Crippen LogP contribution in [0.4, 0.5) is 11.6 Å². The maximum absolute atomic E-state index is 10.3. The van der Waals surface area contributed by atoms with E-state index in [1.165, 1.54) is 16.7 Å². The fourth-order valence-corrected chi connectivity index (χ4v) is 2.62. The Morgan fingerprint density at radius 2 is 1.77 bits per heavy atom. The predicted molar refractivity (Wildman–Crippen MR) is 95.2 cm³/mol. The minimum absolute atomic E-state index is 0.0699. The molecule has 0 saturated heterocycles. The summed E-state index contributed by atoms with van der Waals surface area (Å²) < 4.78 is 1.42. The molecule has 0 atom stereocenters. The lowest BCUT2D eigenvalue weighted by atomic mass is 10.3. The van der Waals surface area contributed by atoms with Gasteiger partial charge >= 0.3 is 0 Å². The molecule has 130 valence electrons. The molecule has 0 aliphatic carbocycles. The van der Waals surface area contributed by atoms with Crippen molar-refractivity contribution in [2.75, 3.05) is 5.32 Å². The Balaban J connectivity index is 1.81. The van der Waals surface area contributed by atoms with Gasteiger partial charge in [-0.05, 0) is 24.3 Å². The smallest absolute Gasteiger partial charge is 0.229 e. The van der Waals surface area contributed by atoms with E-state index in [0.29, 0.717) is 22.8 Å². The number of hydrogen-bond acceptors (Lipinski definition) is 7. The molecule has 4 rings (SSSR count). The molecule has 0 aliphatic heterocycles. The van der Waals surface area contributed by atoms with Gasteiger partial charge in [0.15, 0.2) is 17.8 Å². The summed E-state index contributed by atoms with van der Waals surface area (Å²) in [5.41, 5.74) is 1.34. The van der Waals surface area contributed by atoms with Crippen molar-refractivity contribution in [2.24, 2.45) is 0 Å². The molecule has 4 N–H and O–H groups in total. The lowest BCUT2D eigenvalue weighted by molar-refractivity contribution is -0.0458. The highest BCUT2D eigenvalue weighted by Gasteiger charge is 2.15. The van der Waals surface area contributed by atoms with E-state index in [2.05, 4.69) is 20.3 Å². The van der Waals surface area contributed by atoms with Crippen LogP contribution in [-0.2, 0) is 0 Å². The number of fused-ring (bicyclic) bond motifs is 1. The zero-order valence-corrected chi connectivity index (χ0v) is 13.5. The molecule has 3 heterocycles. The van der Waals surface area contributed by atoms with Crippen LogP contribution in [0, 0.1) is 0 Å². The molecule has 1 aromatic carbocycles. The second-order valence-corrected chi connectivity index (χ2v) is 5.60. The fraction of sp³-hybridized carbons (Fsp3) is 0.0556. The summed E-state index contributed by atoms with van der Waals surface area (Å²) in [6.07, 6.45) is -0.113. The number of benzene rings is 1. The Kier molecular flexibility index (Phi) is 3.96. The molecular weight excluding hydrogens is 334 g/mol. The number of para-hydroxylation sites is 1. The number of anilines is 2. The van der Waals surface area contributed by atoms with E-state index in [1.54, 1.807) is 18.3 Å². The third kappa shape index (κ3) is 2.94. The number of aromatic hydroxyl groups is 1. The Morgan fingerprint density at radius 1 is 0.962 bits per heavy atom. The van der Waals surface area contributed by atoms with E-state index in [0.717, 1.165) is 5.69 Å². The Hall–Kier alpha value is -3.49. The van der Waals surface area contributed by atoms with Crippen molar-refractivity contribution in [3.05, 3.63) is 66.5 Å². The molecule has 8 heteroatoms. The highest BCUT2D eigenvalue weighted by atomic mass is 16.5. The van der Waals surface area contributed by atoms with E-state index in [9.17, 15) is 15.3 Å². The first kappa shape index (κ1) is 16.0. The number of aliphatic hydroxyl groups excluding tert-OH is 1. The van der Waals surface area contributed by atoms with Gasteiger partial charge in [-0.2, -0.15) is 4.98 Å². The van der Waals surface area contributed by atoms with Crippen LogP contribution < -0.4 is 5.32 Å². The first-order valence-corrected chi connectivity index (χ1v) is 7.85. The molecule has 0 fully saturated rings. The van der Waals surface area contributed by atoms with Crippen LogP contribution in [0.25, 0.3) is 16.9 Å². The number of rotatable bonds is 4. The molecule has 4 aromatic rings. The summed E-state index contributed by atoms with van der Waals surface area (Å²) in [5, 5.41) is 32.7. The monoisotopic (exact) mass is 349 g/mol. The van der Waals surface area contributed by atoms with Gasteiger partial charge in [0.05, 0.1) is 5.69 Å².